The predicted molar refractivity (Wildman–Crippen MR) is 41.8 cm³/mol. The fourth-order valence-corrected chi connectivity index (χ4v) is 1.13. The first kappa shape index (κ1) is 9.28. The molecule has 0 bridgehead atoms. The summed E-state index contributed by atoms with van der Waals surface area (Å²) in [4.78, 5) is 10.3. The van der Waals surface area contributed by atoms with Crippen molar-refractivity contribution in [1.82, 2.24) is 0 Å². The van der Waals surface area contributed by atoms with E-state index in [1.165, 1.54) is 0 Å². The van der Waals surface area contributed by atoms with Crippen molar-refractivity contribution in [2.75, 3.05) is 0 Å². The zero-order chi connectivity index (χ0) is 9.14. The fourth-order valence-electron chi connectivity index (χ4n) is 0.788. The average molecular weight is 234 g/mol. The summed E-state index contributed by atoms with van der Waals surface area (Å²) in [6, 6.07) is 2.64. The molecule has 1 aromatic rings. The van der Waals surface area contributed by atoms with Gasteiger partial charge < -0.3 is 20.1 Å². The van der Waals surface area contributed by atoms with Crippen molar-refractivity contribution in [3.63, 3.8) is 0 Å². The molecular weight excluding hydrogens is 226 g/mol. The Balaban J connectivity index is 2.58. The Bertz CT molecular complexity index is 284. The van der Waals surface area contributed by atoms with Crippen molar-refractivity contribution >= 4 is 21.9 Å². The van der Waals surface area contributed by atoms with E-state index in [2.05, 4.69) is 21.7 Å². The number of halogens is 1. The Hall–Kier alpha value is -0.810. The molecule has 0 saturated carbocycles. The van der Waals surface area contributed by atoms with Crippen LogP contribution in [0.4, 0.5) is 0 Å². The summed E-state index contributed by atoms with van der Waals surface area (Å²) in [5.41, 5.74) is 3.40. The first-order valence-corrected chi connectivity index (χ1v) is 4.17. The van der Waals surface area contributed by atoms with Crippen LogP contribution in [0.5, 0.6) is 0 Å². The van der Waals surface area contributed by atoms with Crippen LogP contribution in [0.2, 0.25) is 0 Å². The number of aliphatic carboxylic acids is 1. The zero-order valence-corrected chi connectivity index (χ0v) is 7.83. The van der Waals surface area contributed by atoms with E-state index in [4.69, 9.17) is 4.42 Å². The summed E-state index contributed by atoms with van der Waals surface area (Å²) in [6.07, 6.45) is 0.258. The SMILES string of the molecule is [NH3+][C@H](Cc1ccc(Br)o1)C(=O)[O-]. The lowest BCUT2D eigenvalue weighted by atomic mass is 10.2. The second kappa shape index (κ2) is 3.73. The van der Waals surface area contributed by atoms with E-state index in [0.717, 1.165) is 0 Å². The van der Waals surface area contributed by atoms with Crippen molar-refractivity contribution < 1.29 is 20.1 Å². The predicted octanol–water partition coefficient (Wildman–Crippen LogP) is -1.06. The number of hydrogen-bond acceptors (Lipinski definition) is 3. The molecule has 0 amide bonds. The zero-order valence-electron chi connectivity index (χ0n) is 6.25. The molecule has 12 heavy (non-hydrogen) atoms. The molecule has 0 aliphatic rings. The minimum absolute atomic E-state index is 0.258. The van der Waals surface area contributed by atoms with Gasteiger partial charge in [0.2, 0.25) is 0 Å². The molecule has 4 nitrogen and oxygen atoms in total. The van der Waals surface area contributed by atoms with E-state index in [9.17, 15) is 9.90 Å². The number of carbonyl (C=O) groups excluding carboxylic acids is 1. The van der Waals surface area contributed by atoms with Gasteiger partial charge in [0.05, 0.1) is 12.4 Å². The Morgan fingerprint density at radius 2 is 2.42 bits per heavy atom. The molecule has 1 atom stereocenters. The van der Waals surface area contributed by atoms with E-state index in [0.29, 0.717) is 10.4 Å². The van der Waals surface area contributed by atoms with E-state index in [-0.39, 0.29) is 6.42 Å². The summed E-state index contributed by atoms with van der Waals surface area (Å²) in [5, 5.41) is 10.3. The molecule has 0 fully saturated rings. The van der Waals surface area contributed by atoms with Crippen LogP contribution in [-0.4, -0.2) is 12.0 Å². The maximum atomic E-state index is 10.3. The van der Waals surface area contributed by atoms with Gasteiger partial charge in [0.1, 0.15) is 11.8 Å². The van der Waals surface area contributed by atoms with E-state index < -0.39 is 12.0 Å². The average Bonchev–Trinajstić information content (AvgIpc) is 2.35. The molecule has 0 aliphatic heterocycles. The quantitative estimate of drug-likeness (QED) is 0.724. The first-order valence-electron chi connectivity index (χ1n) is 3.37. The van der Waals surface area contributed by atoms with Gasteiger partial charge in [-0.1, -0.05) is 0 Å². The number of furan rings is 1. The van der Waals surface area contributed by atoms with Crippen LogP contribution in [0.25, 0.3) is 0 Å². The number of hydrogen-bond donors (Lipinski definition) is 1. The Morgan fingerprint density at radius 1 is 1.75 bits per heavy atom. The summed E-state index contributed by atoms with van der Waals surface area (Å²) >= 11 is 3.11. The number of carbonyl (C=O) groups is 1. The fraction of sp³-hybridized carbons (Fsp3) is 0.286. The molecule has 0 spiro atoms. The third-order valence-corrected chi connectivity index (χ3v) is 1.84. The molecule has 0 radical (unpaired) electrons. The van der Waals surface area contributed by atoms with Crippen molar-refractivity contribution in [3.8, 4) is 0 Å². The van der Waals surface area contributed by atoms with Gasteiger partial charge in [0, 0.05) is 0 Å². The summed E-state index contributed by atoms with van der Waals surface area (Å²) in [7, 11) is 0. The van der Waals surface area contributed by atoms with Gasteiger partial charge >= 0.3 is 0 Å². The van der Waals surface area contributed by atoms with Crippen LogP contribution < -0.4 is 10.8 Å². The monoisotopic (exact) mass is 233 g/mol. The van der Waals surface area contributed by atoms with E-state index >= 15 is 0 Å². The highest BCUT2D eigenvalue weighted by atomic mass is 79.9. The van der Waals surface area contributed by atoms with E-state index in [1.54, 1.807) is 12.1 Å². The van der Waals surface area contributed by atoms with Crippen molar-refractivity contribution in [1.29, 1.82) is 0 Å². The van der Waals surface area contributed by atoms with Crippen LogP contribution in [0.1, 0.15) is 5.76 Å². The smallest absolute Gasteiger partial charge is 0.169 e. The molecule has 0 saturated heterocycles. The number of carboxylic acids is 1. The van der Waals surface area contributed by atoms with Crippen molar-refractivity contribution in [2.45, 2.75) is 12.5 Å². The molecule has 66 valence electrons. The molecule has 0 aliphatic carbocycles. The van der Waals surface area contributed by atoms with Crippen LogP contribution in [0.3, 0.4) is 0 Å². The molecule has 1 aromatic heterocycles. The van der Waals surface area contributed by atoms with Crippen LogP contribution in [-0.2, 0) is 11.2 Å². The summed E-state index contributed by atoms with van der Waals surface area (Å²) in [6.45, 7) is 0. The summed E-state index contributed by atoms with van der Waals surface area (Å²) in [5.74, 6) is -0.575. The van der Waals surface area contributed by atoms with Crippen LogP contribution in [0.15, 0.2) is 21.2 Å². The number of quaternary nitrogens is 1. The lowest BCUT2D eigenvalue weighted by molar-refractivity contribution is -0.437. The highest BCUT2D eigenvalue weighted by molar-refractivity contribution is 9.10. The van der Waals surface area contributed by atoms with Gasteiger partial charge in [-0.05, 0) is 28.1 Å². The normalized spacial score (nSPS) is 12.8. The standard InChI is InChI=1S/C7H8BrNO3/c8-6-2-1-4(12-6)3-5(9)7(10)11/h1-2,5H,3,9H2,(H,10,11)/t5-/m1/s1. The van der Waals surface area contributed by atoms with E-state index in [1.807, 2.05) is 0 Å². The Kier molecular flexibility index (Phi) is 2.88. The number of rotatable bonds is 3. The van der Waals surface area contributed by atoms with Gasteiger partial charge in [-0.3, -0.25) is 0 Å². The van der Waals surface area contributed by atoms with Gasteiger partial charge in [0.25, 0.3) is 0 Å². The van der Waals surface area contributed by atoms with Crippen LogP contribution in [0, 0.1) is 0 Å². The summed E-state index contributed by atoms with van der Waals surface area (Å²) < 4.78 is 5.68. The highest BCUT2D eigenvalue weighted by Gasteiger charge is 2.10. The molecule has 1 rings (SSSR count). The minimum Gasteiger partial charge on any atom is -0.544 e. The van der Waals surface area contributed by atoms with Crippen molar-refractivity contribution in [3.05, 3.63) is 22.6 Å². The molecule has 3 N–H and O–H groups in total. The maximum Gasteiger partial charge on any atom is 0.169 e. The Labute approximate surface area is 77.5 Å². The third kappa shape index (κ3) is 2.35. The van der Waals surface area contributed by atoms with Crippen LogP contribution >= 0.6 is 15.9 Å². The molecule has 1 heterocycles. The van der Waals surface area contributed by atoms with Gasteiger partial charge in [-0.25, -0.2) is 0 Å². The van der Waals surface area contributed by atoms with Gasteiger partial charge in [-0.2, -0.15) is 0 Å². The lowest BCUT2D eigenvalue weighted by Crippen LogP contribution is -2.69. The van der Waals surface area contributed by atoms with Crippen molar-refractivity contribution in [2.24, 2.45) is 0 Å². The van der Waals surface area contributed by atoms with Gasteiger partial charge in [0.15, 0.2) is 4.67 Å². The molecule has 5 heteroatoms. The second-order valence-corrected chi connectivity index (χ2v) is 3.21. The topological polar surface area (TPSA) is 80.9 Å². The first-order chi connectivity index (χ1) is 5.59. The number of carboxylic acid groups (broad SMARTS) is 1. The minimum atomic E-state index is -1.16. The second-order valence-electron chi connectivity index (χ2n) is 2.43. The molecule has 0 aromatic carbocycles. The third-order valence-electron chi connectivity index (χ3n) is 1.41. The lowest BCUT2D eigenvalue weighted by Gasteiger charge is -2.06. The Morgan fingerprint density at radius 3 is 2.83 bits per heavy atom. The molecular formula is C7H8BrNO3. The molecule has 0 unspecified atom stereocenters. The van der Waals surface area contributed by atoms with Gasteiger partial charge in [-0.15, -0.1) is 0 Å². The largest absolute Gasteiger partial charge is 0.544 e. The highest BCUT2D eigenvalue weighted by Crippen LogP contribution is 2.14. The maximum absolute atomic E-state index is 10.3.